The fourth-order valence-electron chi connectivity index (χ4n) is 1.96. The van der Waals surface area contributed by atoms with Gasteiger partial charge in [0.15, 0.2) is 0 Å². The second-order valence-corrected chi connectivity index (χ2v) is 5.38. The van der Waals surface area contributed by atoms with E-state index in [0.717, 1.165) is 30.9 Å². The fourth-order valence-corrected chi connectivity index (χ4v) is 1.96. The van der Waals surface area contributed by atoms with Gasteiger partial charge < -0.3 is 10.7 Å². The summed E-state index contributed by atoms with van der Waals surface area (Å²) in [6.45, 7) is 7.13. The Morgan fingerprint density at radius 3 is 2.70 bits per heavy atom. The summed E-state index contributed by atoms with van der Waals surface area (Å²) in [5.41, 5.74) is 3.95. The molecule has 20 heavy (non-hydrogen) atoms. The molecule has 1 amide bonds. The SMILES string of the molecule is CCc1cc(C(=O)NCCCCC(C)C)cc(NN)n1. The van der Waals surface area contributed by atoms with Crippen molar-refractivity contribution in [3.05, 3.63) is 23.4 Å². The Bertz CT molecular complexity index is 410. The zero-order valence-corrected chi connectivity index (χ0v) is 12.7. The highest BCUT2D eigenvalue weighted by Crippen LogP contribution is 2.10. The van der Waals surface area contributed by atoms with E-state index in [4.69, 9.17) is 5.84 Å². The van der Waals surface area contributed by atoms with E-state index in [9.17, 15) is 4.79 Å². The van der Waals surface area contributed by atoms with E-state index in [-0.39, 0.29) is 5.91 Å². The smallest absolute Gasteiger partial charge is 0.251 e. The fraction of sp³-hybridized carbons (Fsp3) is 0.600. The molecule has 1 rings (SSSR count). The van der Waals surface area contributed by atoms with Crippen molar-refractivity contribution >= 4 is 11.7 Å². The summed E-state index contributed by atoms with van der Waals surface area (Å²) in [4.78, 5) is 16.3. The summed E-state index contributed by atoms with van der Waals surface area (Å²) < 4.78 is 0. The van der Waals surface area contributed by atoms with Gasteiger partial charge in [-0.25, -0.2) is 10.8 Å². The van der Waals surface area contributed by atoms with Crippen LogP contribution in [0.2, 0.25) is 0 Å². The van der Waals surface area contributed by atoms with Crippen LogP contribution in [-0.4, -0.2) is 17.4 Å². The molecule has 0 spiro atoms. The Morgan fingerprint density at radius 2 is 2.10 bits per heavy atom. The summed E-state index contributed by atoms with van der Waals surface area (Å²) in [5.74, 6) is 6.54. The Labute approximate surface area is 121 Å². The number of nitrogens with two attached hydrogens (primary N) is 1. The van der Waals surface area contributed by atoms with Crippen molar-refractivity contribution < 1.29 is 4.79 Å². The number of carbonyl (C=O) groups excluding carboxylic acids is 1. The van der Waals surface area contributed by atoms with Gasteiger partial charge in [0, 0.05) is 17.8 Å². The molecule has 0 aliphatic rings. The molecule has 0 unspecified atom stereocenters. The van der Waals surface area contributed by atoms with E-state index >= 15 is 0 Å². The third-order valence-electron chi connectivity index (χ3n) is 3.14. The number of carbonyl (C=O) groups is 1. The molecule has 112 valence electrons. The molecular weight excluding hydrogens is 252 g/mol. The van der Waals surface area contributed by atoms with Gasteiger partial charge in [-0.05, 0) is 30.9 Å². The van der Waals surface area contributed by atoms with Crippen molar-refractivity contribution in [2.75, 3.05) is 12.0 Å². The normalized spacial score (nSPS) is 10.7. The minimum absolute atomic E-state index is 0.0665. The van der Waals surface area contributed by atoms with Gasteiger partial charge in [0.2, 0.25) is 0 Å². The van der Waals surface area contributed by atoms with Gasteiger partial charge in [-0.2, -0.15) is 0 Å². The van der Waals surface area contributed by atoms with Gasteiger partial charge in [0.25, 0.3) is 5.91 Å². The van der Waals surface area contributed by atoms with Gasteiger partial charge in [-0.15, -0.1) is 0 Å². The van der Waals surface area contributed by atoms with Crippen LogP contribution in [0, 0.1) is 5.92 Å². The monoisotopic (exact) mass is 278 g/mol. The van der Waals surface area contributed by atoms with Crippen LogP contribution in [0.1, 0.15) is 56.1 Å². The first kappa shape index (κ1) is 16.4. The molecule has 1 heterocycles. The molecule has 0 radical (unpaired) electrons. The highest BCUT2D eigenvalue weighted by molar-refractivity contribution is 5.94. The molecule has 0 saturated carbocycles. The van der Waals surface area contributed by atoms with Crippen LogP contribution in [0.25, 0.3) is 0 Å². The van der Waals surface area contributed by atoms with Gasteiger partial charge in [-0.1, -0.05) is 33.6 Å². The molecule has 0 aliphatic heterocycles. The summed E-state index contributed by atoms with van der Waals surface area (Å²) in [5, 5.41) is 2.94. The van der Waals surface area contributed by atoms with E-state index in [1.54, 1.807) is 6.07 Å². The quantitative estimate of drug-likeness (QED) is 0.388. The lowest BCUT2D eigenvalue weighted by Crippen LogP contribution is -2.25. The van der Waals surface area contributed by atoms with Crippen LogP contribution >= 0.6 is 0 Å². The zero-order chi connectivity index (χ0) is 15.0. The topological polar surface area (TPSA) is 80.0 Å². The lowest BCUT2D eigenvalue weighted by Gasteiger charge is -2.09. The van der Waals surface area contributed by atoms with Gasteiger partial charge in [0.1, 0.15) is 5.82 Å². The van der Waals surface area contributed by atoms with Crippen molar-refractivity contribution in [3.63, 3.8) is 0 Å². The minimum atomic E-state index is -0.0665. The number of aromatic nitrogens is 1. The van der Waals surface area contributed by atoms with Crippen LogP contribution in [0.4, 0.5) is 5.82 Å². The van der Waals surface area contributed by atoms with Crippen LogP contribution in [0.3, 0.4) is 0 Å². The first-order valence-corrected chi connectivity index (χ1v) is 7.32. The van der Waals surface area contributed by atoms with E-state index in [1.807, 2.05) is 13.0 Å². The molecule has 0 fully saturated rings. The summed E-state index contributed by atoms with van der Waals surface area (Å²) in [6.07, 6.45) is 4.12. The molecule has 1 aromatic heterocycles. The number of nitrogen functional groups attached to an aromatic ring is 1. The average Bonchev–Trinajstić information content (AvgIpc) is 2.45. The Morgan fingerprint density at radius 1 is 1.35 bits per heavy atom. The molecule has 4 N–H and O–H groups in total. The number of anilines is 1. The standard InChI is InChI=1S/C15H26N4O/c1-4-13-9-12(10-14(18-13)19-16)15(20)17-8-6-5-7-11(2)3/h9-11H,4-8,16H2,1-3H3,(H,17,20)(H,18,19). The summed E-state index contributed by atoms with van der Waals surface area (Å²) in [6, 6.07) is 3.48. The maximum absolute atomic E-state index is 12.1. The maximum Gasteiger partial charge on any atom is 0.251 e. The maximum atomic E-state index is 12.1. The van der Waals surface area contributed by atoms with Gasteiger partial charge in [0.05, 0.1) is 0 Å². The average molecular weight is 278 g/mol. The molecule has 0 aromatic carbocycles. The highest BCUT2D eigenvalue weighted by Gasteiger charge is 2.08. The van der Waals surface area contributed by atoms with Gasteiger partial charge in [-0.3, -0.25) is 4.79 Å². The van der Waals surface area contributed by atoms with E-state index < -0.39 is 0 Å². The Balaban J connectivity index is 2.50. The van der Waals surface area contributed by atoms with Crippen LogP contribution in [0.15, 0.2) is 12.1 Å². The minimum Gasteiger partial charge on any atom is -0.352 e. The zero-order valence-electron chi connectivity index (χ0n) is 12.7. The second-order valence-electron chi connectivity index (χ2n) is 5.38. The number of nitrogens with one attached hydrogen (secondary N) is 2. The van der Waals surface area contributed by atoms with Gasteiger partial charge >= 0.3 is 0 Å². The number of unbranched alkanes of at least 4 members (excludes halogenated alkanes) is 1. The molecule has 0 aliphatic carbocycles. The lowest BCUT2D eigenvalue weighted by molar-refractivity contribution is 0.0952. The van der Waals surface area contributed by atoms with E-state index in [2.05, 4.69) is 29.6 Å². The van der Waals surface area contributed by atoms with Crippen molar-refractivity contribution in [2.45, 2.75) is 46.5 Å². The molecule has 5 nitrogen and oxygen atoms in total. The number of aryl methyl sites for hydroxylation is 1. The molecule has 0 saturated heterocycles. The van der Waals surface area contributed by atoms with Crippen molar-refractivity contribution in [1.82, 2.24) is 10.3 Å². The molecule has 0 atom stereocenters. The number of amides is 1. The van der Waals surface area contributed by atoms with E-state index in [1.165, 1.54) is 6.42 Å². The van der Waals surface area contributed by atoms with Crippen molar-refractivity contribution in [3.8, 4) is 0 Å². The molecular formula is C15H26N4O. The van der Waals surface area contributed by atoms with Crippen molar-refractivity contribution in [2.24, 2.45) is 11.8 Å². The number of hydrazine groups is 1. The number of rotatable bonds is 8. The number of hydrogen-bond acceptors (Lipinski definition) is 4. The predicted octanol–water partition coefficient (Wildman–Crippen LogP) is 2.49. The molecule has 0 bridgehead atoms. The predicted molar refractivity (Wildman–Crippen MR) is 82.4 cm³/mol. The second kappa shape index (κ2) is 8.53. The highest BCUT2D eigenvalue weighted by atomic mass is 16.1. The first-order valence-electron chi connectivity index (χ1n) is 7.32. The number of nitrogens with zero attached hydrogens (tertiary/aromatic N) is 1. The van der Waals surface area contributed by atoms with Crippen LogP contribution < -0.4 is 16.6 Å². The largest absolute Gasteiger partial charge is 0.352 e. The van der Waals surface area contributed by atoms with Crippen LogP contribution in [0.5, 0.6) is 0 Å². The summed E-state index contributed by atoms with van der Waals surface area (Å²) >= 11 is 0. The number of hydrogen-bond donors (Lipinski definition) is 3. The number of pyridine rings is 1. The lowest BCUT2D eigenvalue weighted by atomic mass is 10.1. The van der Waals surface area contributed by atoms with E-state index in [0.29, 0.717) is 17.9 Å². The summed E-state index contributed by atoms with van der Waals surface area (Å²) in [7, 11) is 0. The third-order valence-corrected chi connectivity index (χ3v) is 3.14. The van der Waals surface area contributed by atoms with Crippen molar-refractivity contribution in [1.29, 1.82) is 0 Å². The molecule has 1 aromatic rings. The third kappa shape index (κ3) is 5.57. The Kier molecular flexibility index (Phi) is 7.01. The Hall–Kier alpha value is -1.62. The first-order chi connectivity index (χ1) is 9.56. The van der Waals surface area contributed by atoms with Crippen LogP contribution in [-0.2, 0) is 6.42 Å². The molecule has 5 heteroatoms.